The number of amides is 4. The molecule has 0 spiro atoms. The van der Waals surface area contributed by atoms with Gasteiger partial charge >= 0.3 is 6.03 Å². The molecule has 0 atom stereocenters. The fraction of sp³-hybridized carbons (Fsp3) is 0.0526. The minimum Gasteiger partial charge on any atom is -0.545 e. The summed E-state index contributed by atoms with van der Waals surface area (Å²) < 4.78 is 13.6. The predicted molar refractivity (Wildman–Crippen MR) is 94.0 cm³/mol. The summed E-state index contributed by atoms with van der Waals surface area (Å²) in [6.45, 7) is -0.597. The van der Waals surface area contributed by atoms with Gasteiger partial charge in [0.15, 0.2) is 0 Å². The van der Waals surface area contributed by atoms with Gasteiger partial charge in [0.25, 0.3) is 5.91 Å². The standard InChI is InChI=1S/C19H14FN3O5/c20-13-3-1-2-4-14(13)21-16(24)10-23-17(25)15(22-19(23)28)9-11-5-7-12(8-6-11)18(26)27/h1-9H,10H2,(H,21,24)(H,22,28)(H,26,27)/p-1/b15-9+. The number of hydrogen-bond donors (Lipinski definition) is 2. The van der Waals surface area contributed by atoms with Gasteiger partial charge in [0.05, 0.1) is 11.7 Å². The Morgan fingerprint density at radius 1 is 1.11 bits per heavy atom. The van der Waals surface area contributed by atoms with Crippen molar-refractivity contribution in [2.45, 2.75) is 0 Å². The molecule has 1 fully saturated rings. The lowest BCUT2D eigenvalue weighted by Crippen LogP contribution is -2.38. The molecule has 142 valence electrons. The maximum Gasteiger partial charge on any atom is 0.329 e. The maximum absolute atomic E-state index is 13.6. The summed E-state index contributed by atoms with van der Waals surface area (Å²) in [5.74, 6) is -3.46. The third kappa shape index (κ3) is 4.04. The van der Waals surface area contributed by atoms with Crippen LogP contribution >= 0.6 is 0 Å². The van der Waals surface area contributed by atoms with Crippen molar-refractivity contribution in [1.82, 2.24) is 10.2 Å². The van der Waals surface area contributed by atoms with E-state index in [-0.39, 0.29) is 16.9 Å². The van der Waals surface area contributed by atoms with E-state index in [0.717, 1.165) is 6.07 Å². The number of benzene rings is 2. The average Bonchev–Trinajstić information content (AvgIpc) is 2.91. The average molecular weight is 382 g/mol. The summed E-state index contributed by atoms with van der Waals surface area (Å²) in [6, 6.07) is 10.2. The highest BCUT2D eigenvalue weighted by molar-refractivity contribution is 6.16. The molecule has 1 aliphatic rings. The molecule has 4 amide bonds. The molecule has 2 N–H and O–H groups in total. The van der Waals surface area contributed by atoms with Gasteiger partial charge in [-0.25, -0.2) is 14.1 Å². The van der Waals surface area contributed by atoms with Crippen molar-refractivity contribution in [1.29, 1.82) is 0 Å². The second-order valence-corrected chi connectivity index (χ2v) is 5.82. The Hall–Kier alpha value is -4.01. The smallest absolute Gasteiger partial charge is 0.329 e. The molecule has 0 aromatic heterocycles. The van der Waals surface area contributed by atoms with Crippen molar-refractivity contribution >= 4 is 35.6 Å². The first-order chi connectivity index (χ1) is 13.3. The lowest BCUT2D eigenvalue weighted by atomic mass is 10.1. The van der Waals surface area contributed by atoms with Crippen molar-refractivity contribution in [2.24, 2.45) is 0 Å². The summed E-state index contributed by atoms with van der Waals surface area (Å²) in [5.41, 5.74) is 0.287. The number of carboxylic acid groups (broad SMARTS) is 1. The summed E-state index contributed by atoms with van der Waals surface area (Å²) in [6.07, 6.45) is 1.34. The summed E-state index contributed by atoms with van der Waals surface area (Å²) in [7, 11) is 0. The number of carbonyl (C=O) groups excluding carboxylic acids is 4. The Morgan fingerprint density at radius 3 is 2.43 bits per heavy atom. The van der Waals surface area contributed by atoms with E-state index in [2.05, 4.69) is 10.6 Å². The van der Waals surface area contributed by atoms with Crippen LogP contribution in [0.25, 0.3) is 6.08 Å². The molecule has 2 aromatic rings. The number of urea groups is 1. The first-order valence-electron chi connectivity index (χ1n) is 8.05. The van der Waals surface area contributed by atoms with E-state index < -0.39 is 36.2 Å². The fourth-order valence-corrected chi connectivity index (χ4v) is 2.49. The Bertz CT molecular complexity index is 1000. The molecule has 3 rings (SSSR count). The summed E-state index contributed by atoms with van der Waals surface area (Å²) in [5, 5.41) is 15.4. The quantitative estimate of drug-likeness (QED) is 0.584. The molecule has 1 aliphatic heterocycles. The number of nitrogens with zero attached hydrogens (tertiary/aromatic N) is 1. The van der Waals surface area contributed by atoms with Crippen molar-refractivity contribution in [3.8, 4) is 0 Å². The molecule has 1 heterocycles. The van der Waals surface area contributed by atoms with Crippen LogP contribution in [0.5, 0.6) is 0 Å². The molecule has 0 aliphatic carbocycles. The molecule has 9 heteroatoms. The number of aromatic carboxylic acids is 1. The number of carbonyl (C=O) groups is 4. The van der Waals surface area contributed by atoms with Crippen LogP contribution in [0.2, 0.25) is 0 Å². The Morgan fingerprint density at radius 2 is 1.79 bits per heavy atom. The SMILES string of the molecule is O=C(CN1C(=O)N/C(=C/c2ccc(C(=O)[O-])cc2)C1=O)Nc1ccccc1F. The van der Waals surface area contributed by atoms with Gasteiger partial charge in [0.1, 0.15) is 18.1 Å². The van der Waals surface area contributed by atoms with Crippen LogP contribution in [-0.4, -0.2) is 35.3 Å². The van der Waals surface area contributed by atoms with Crippen LogP contribution in [0.15, 0.2) is 54.2 Å². The Kier molecular flexibility index (Phi) is 5.16. The largest absolute Gasteiger partial charge is 0.545 e. The number of imide groups is 1. The van der Waals surface area contributed by atoms with Gasteiger partial charge in [-0.05, 0) is 29.3 Å². The number of carboxylic acids is 1. The third-order valence-corrected chi connectivity index (χ3v) is 3.87. The number of nitrogens with one attached hydrogen (secondary N) is 2. The van der Waals surface area contributed by atoms with Gasteiger partial charge in [-0.15, -0.1) is 0 Å². The number of anilines is 1. The van der Waals surface area contributed by atoms with Crippen LogP contribution in [0.1, 0.15) is 15.9 Å². The summed E-state index contributed by atoms with van der Waals surface area (Å²) in [4.78, 5) is 47.8. The van der Waals surface area contributed by atoms with Crippen LogP contribution in [-0.2, 0) is 9.59 Å². The molecule has 0 saturated carbocycles. The third-order valence-electron chi connectivity index (χ3n) is 3.87. The van der Waals surface area contributed by atoms with E-state index in [9.17, 15) is 28.7 Å². The van der Waals surface area contributed by atoms with Crippen LogP contribution in [0, 0.1) is 5.82 Å². The van der Waals surface area contributed by atoms with Gasteiger partial charge < -0.3 is 20.5 Å². The normalized spacial score (nSPS) is 14.9. The number of halogens is 1. The monoisotopic (exact) mass is 382 g/mol. The zero-order valence-corrected chi connectivity index (χ0v) is 14.3. The van der Waals surface area contributed by atoms with Crippen molar-refractivity contribution in [3.05, 3.63) is 71.2 Å². The minimum absolute atomic E-state index is 0.0321. The fourth-order valence-electron chi connectivity index (χ4n) is 2.49. The number of para-hydroxylation sites is 1. The van der Waals surface area contributed by atoms with E-state index >= 15 is 0 Å². The van der Waals surface area contributed by atoms with Crippen molar-refractivity contribution in [2.75, 3.05) is 11.9 Å². The number of hydrogen-bond acceptors (Lipinski definition) is 5. The van der Waals surface area contributed by atoms with E-state index in [0.29, 0.717) is 10.5 Å². The van der Waals surface area contributed by atoms with Crippen molar-refractivity contribution in [3.63, 3.8) is 0 Å². The molecule has 28 heavy (non-hydrogen) atoms. The molecule has 8 nitrogen and oxygen atoms in total. The molecular weight excluding hydrogens is 369 g/mol. The number of rotatable bonds is 5. The van der Waals surface area contributed by atoms with Crippen LogP contribution < -0.4 is 15.7 Å². The van der Waals surface area contributed by atoms with Gasteiger partial charge in [-0.3, -0.25) is 9.59 Å². The minimum atomic E-state index is -1.34. The van der Waals surface area contributed by atoms with Gasteiger partial charge in [-0.1, -0.05) is 36.4 Å². The second-order valence-electron chi connectivity index (χ2n) is 5.82. The zero-order valence-electron chi connectivity index (χ0n) is 14.3. The highest BCUT2D eigenvalue weighted by Gasteiger charge is 2.34. The first kappa shape index (κ1) is 18.8. The second kappa shape index (κ2) is 7.70. The summed E-state index contributed by atoms with van der Waals surface area (Å²) >= 11 is 0. The lowest BCUT2D eigenvalue weighted by Gasteiger charge is -2.12. The van der Waals surface area contributed by atoms with Crippen LogP contribution in [0.3, 0.4) is 0 Å². The maximum atomic E-state index is 13.6. The molecule has 1 saturated heterocycles. The van der Waals surface area contributed by atoms with Crippen molar-refractivity contribution < 1.29 is 28.7 Å². The predicted octanol–water partition coefficient (Wildman–Crippen LogP) is 0.721. The zero-order chi connectivity index (χ0) is 20.3. The highest BCUT2D eigenvalue weighted by Crippen LogP contribution is 2.16. The molecule has 0 radical (unpaired) electrons. The Labute approximate surface area is 158 Å². The van der Waals surface area contributed by atoms with Crippen LogP contribution in [0.4, 0.5) is 14.9 Å². The molecule has 2 aromatic carbocycles. The van der Waals surface area contributed by atoms with E-state index in [1.165, 1.54) is 48.5 Å². The van der Waals surface area contributed by atoms with Gasteiger partial charge in [-0.2, -0.15) is 0 Å². The van der Waals surface area contributed by atoms with E-state index in [4.69, 9.17) is 0 Å². The lowest BCUT2D eigenvalue weighted by molar-refractivity contribution is -0.255. The molecular formula is C19H13FN3O5-. The first-order valence-corrected chi connectivity index (χ1v) is 8.05. The molecule has 0 bridgehead atoms. The van der Waals surface area contributed by atoms with E-state index in [1.54, 1.807) is 0 Å². The molecule has 0 unspecified atom stereocenters. The van der Waals surface area contributed by atoms with Gasteiger partial charge in [0, 0.05) is 0 Å². The highest BCUT2D eigenvalue weighted by atomic mass is 19.1. The van der Waals surface area contributed by atoms with Gasteiger partial charge in [0.2, 0.25) is 5.91 Å². The van der Waals surface area contributed by atoms with E-state index in [1.807, 2.05) is 0 Å². The topological polar surface area (TPSA) is 119 Å². The Balaban J connectivity index is 1.70.